The van der Waals surface area contributed by atoms with Gasteiger partial charge in [0, 0.05) is 25.7 Å². The minimum Gasteiger partial charge on any atom is -0.376 e. The molecule has 2 fully saturated rings. The van der Waals surface area contributed by atoms with Crippen LogP contribution >= 0.6 is 11.8 Å². The predicted molar refractivity (Wildman–Crippen MR) is 133 cm³/mol. The summed E-state index contributed by atoms with van der Waals surface area (Å²) in [5.41, 5.74) is 1.30. The van der Waals surface area contributed by atoms with Crippen LogP contribution in [0.4, 0.5) is 5.95 Å². The number of nitrogens with zero attached hydrogens (tertiary/aromatic N) is 4. The van der Waals surface area contributed by atoms with Crippen LogP contribution in [0, 0.1) is 5.92 Å². The number of aryl methyl sites for hydroxylation is 1. The van der Waals surface area contributed by atoms with E-state index < -0.39 is 0 Å². The van der Waals surface area contributed by atoms with Gasteiger partial charge in [-0.1, -0.05) is 49.0 Å². The van der Waals surface area contributed by atoms with Crippen LogP contribution in [-0.2, 0) is 22.5 Å². The molecular weight excluding hydrogens is 434 g/mol. The third-order valence-corrected chi connectivity index (χ3v) is 7.59. The van der Waals surface area contributed by atoms with Gasteiger partial charge in [0.25, 0.3) is 0 Å². The monoisotopic (exact) mass is 471 g/mol. The lowest BCUT2D eigenvalue weighted by molar-refractivity contribution is -0.119. The maximum absolute atomic E-state index is 12.6. The largest absolute Gasteiger partial charge is 0.376 e. The van der Waals surface area contributed by atoms with Crippen molar-refractivity contribution in [3.63, 3.8) is 0 Å². The van der Waals surface area contributed by atoms with E-state index in [1.165, 1.54) is 30.2 Å². The van der Waals surface area contributed by atoms with Crippen molar-refractivity contribution in [1.82, 2.24) is 20.1 Å². The number of rotatable bonds is 10. The Morgan fingerprint density at radius 2 is 2.00 bits per heavy atom. The molecule has 0 saturated carbocycles. The van der Waals surface area contributed by atoms with Gasteiger partial charge in [-0.25, -0.2) is 0 Å². The van der Waals surface area contributed by atoms with E-state index in [0.717, 1.165) is 68.9 Å². The van der Waals surface area contributed by atoms with Gasteiger partial charge < -0.3 is 15.0 Å². The molecule has 2 saturated heterocycles. The Bertz CT molecular complexity index is 876. The van der Waals surface area contributed by atoms with Crippen LogP contribution in [0.1, 0.15) is 51.5 Å². The SMILES string of the molecule is CC1CCN(c2nnc(SCC(=O)NC(C)CCc3ccccc3)n2CC2CCCO2)CC1. The van der Waals surface area contributed by atoms with Gasteiger partial charge in [-0.15, -0.1) is 10.2 Å². The normalized spacial score (nSPS) is 20.2. The van der Waals surface area contributed by atoms with E-state index in [4.69, 9.17) is 4.74 Å². The first-order valence-electron chi connectivity index (χ1n) is 12.3. The van der Waals surface area contributed by atoms with Gasteiger partial charge in [0.15, 0.2) is 5.16 Å². The van der Waals surface area contributed by atoms with Gasteiger partial charge >= 0.3 is 0 Å². The summed E-state index contributed by atoms with van der Waals surface area (Å²) >= 11 is 1.48. The summed E-state index contributed by atoms with van der Waals surface area (Å²) in [6.07, 6.45) is 6.62. The van der Waals surface area contributed by atoms with E-state index in [9.17, 15) is 4.79 Å². The van der Waals surface area contributed by atoms with Crippen LogP contribution in [0.3, 0.4) is 0 Å². The lowest BCUT2D eigenvalue weighted by Gasteiger charge is -2.31. The third kappa shape index (κ3) is 6.96. The van der Waals surface area contributed by atoms with Gasteiger partial charge in [-0.05, 0) is 56.9 Å². The summed E-state index contributed by atoms with van der Waals surface area (Å²) in [6, 6.07) is 10.5. The summed E-state index contributed by atoms with van der Waals surface area (Å²) in [7, 11) is 0. The molecule has 0 radical (unpaired) electrons. The Hall–Kier alpha value is -2.06. The van der Waals surface area contributed by atoms with E-state index >= 15 is 0 Å². The standard InChI is InChI=1S/C25H37N5O2S/c1-19-12-14-29(15-13-19)24-27-28-25(30(24)17-22-9-6-16-32-22)33-18-23(31)26-20(2)10-11-21-7-4-3-5-8-21/h3-5,7-8,19-20,22H,6,9-18H2,1-2H3,(H,26,31). The lowest BCUT2D eigenvalue weighted by atomic mass is 10.00. The highest BCUT2D eigenvalue weighted by Gasteiger charge is 2.26. The molecule has 33 heavy (non-hydrogen) atoms. The number of thioether (sulfide) groups is 1. The smallest absolute Gasteiger partial charge is 0.230 e. The van der Waals surface area contributed by atoms with Crippen LogP contribution in [-0.4, -0.2) is 58.3 Å². The maximum atomic E-state index is 12.6. The van der Waals surface area contributed by atoms with Crippen LogP contribution in [0.25, 0.3) is 0 Å². The Kier molecular flexibility index (Phi) is 8.67. The average molecular weight is 472 g/mol. The fraction of sp³-hybridized carbons (Fsp3) is 0.640. The zero-order valence-electron chi connectivity index (χ0n) is 19.9. The Labute approximate surface area is 201 Å². The molecule has 2 aromatic rings. The van der Waals surface area contributed by atoms with Gasteiger partial charge in [-0.3, -0.25) is 9.36 Å². The number of hydrogen-bond acceptors (Lipinski definition) is 6. The lowest BCUT2D eigenvalue weighted by Crippen LogP contribution is -2.35. The van der Waals surface area contributed by atoms with Crippen molar-refractivity contribution >= 4 is 23.6 Å². The maximum Gasteiger partial charge on any atom is 0.230 e. The van der Waals surface area contributed by atoms with Crippen molar-refractivity contribution in [2.75, 3.05) is 30.3 Å². The van der Waals surface area contributed by atoms with Crippen molar-refractivity contribution in [3.05, 3.63) is 35.9 Å². The van der Waals surface area contributed by atoms with Crippen LogP contribution in [0.5, 0.6) is 0 Å². The van der Waals surface area contributed by atoms with Gasteiger partial charge in [0.05, 0.1) is 18.4 Å². The number of piperidine rings is 1. The van der Waals surface area contributed by atoms with E-state index in [1.54, 1.807) is 0 Å². The van der Waals surface area contributed by atoms with Gasteiger partial charge in [0.2, 0.25) is 11.9 Å². The molecule has 2 atom stereocenters. The number of carbonyl (C=O) groups excluding carboxylic acids is 1. The zero-order valence-corrected chi connectivity index (χ0v) is 20.7. The highest BCUT2D eigenvalue weighted by molar-refractivity contribution is 7.99. The second-order valence-electron chi connectivity index (χ2n) is 9.48. The van der Waals surface area contributed by atoms with Crippen LogP contribution in [0.15, 0.2) is 35.5 Å². The van der Waals surface area contributed by atoms with Crippen molar-refractivity contribution in [1.29, 1.82) is 0 Å². The number of carbonyl (C=O) groups is 1. The number of anilines is 1. The number of aromatic nitrogens is 3. The summed E-state index contributed by atoms with van der Waals surface area (Å²) < 4.78 is 8.08. The Morgan fingerprint density at radius 3 is 2.73 bits per heavy atom. The number of hydrogen-bond donors (Lipinski definition) is 1. The van der Waals surface area contributed by atoms with Gasteiger partial charge in [0.1, 0.15) is 0 Å². The van der Waals surface area contributed by atoms with E-state index in [0.29, 0.717) is 5.75 Å². The molecule has 2 aliphatic rings. The molecule has 1 N–H and O–H groups in total. The topological polar surface area (TPSA) is 72.3 Å². The summed E-state index contributed by atoms with van der Waals surface area (Å²) in [4.78, 5) is 15.0. The molecule has 0 spiro atoms. The molecule has 0 aliphatic carbocycles. The van der Waals surface area contributed by atoms with Gasteiger partial charge in [-0.2, -0.15) is 0 Å². The van der Waals surface area contributed by atoms with Crippen LogP contribution < -0.4 is 10.2 Å². The van der Waals surface area contributed by atoms with Crippen molar-refractivity contribution < 1.29 is 9.53 Å². The van der Waals surface area contributed by atoms with Crippen LogP contribution in [0.2, 0.25) is 0 Å². The van der Waals surface area contributed by atoms with Crippen molar-refractivity contribution in [2.45, 2.75) is 76.2 Å². The summed E-state index contributed by atoms with van der Waals surface area (Å²) in [6.45, 7) is 7.99. The fourth-order valence-corrected chi connectivity index (χ4v) is 5.28. The number of ether oxygens (including phenoxy) is 1. The first-order chi connectivity index (χ1) is 16.1. The Morgan fingerprint density at radius 1 is 1.21 bits per heavy atom. The number of nitrogens with one attached hydrogen (secondary N) is 1. The van der Waals surface area contributed by atoms with Crippen molar-refractivity contribution in [3.8, 4) is 0 Å². The second kappa shape index (κ2) is 11.9. The molecule has 0 bridgehead atoms. The molecule has 4 rings (SSSR count). The number of benzene rings is 1. The molecule has 1 aromatic heterocycles. The fourth-order valence-electron chi connectivity index (χ4n) is 4.53. The quantitative estimate of drug-likeness (QED) is 0.530. The average Bonchev–Trinajstić information content (AvgIpc) is 3.48. The third-order valence-electron chi connectivity index (χ3n) is 6.62. The minimum absolute atomic E-state index is 0.0422. The van der Waals surface area contributed by atoms with E-state index in [2.05, 4.69) is 63.1 Å². The zero-order chi connectivity index (χ0) is 23.0. The minimum atomic E-state index is 0.0422. The molecule has 180 valence electrons. The summed E-state index contributed by atoms with van der Waals surface area (Å²) in [5.74, 6) is 2.07. The highest BCUT2D eigenvalue weighted by Crippen LogP contribution is 2.28. The van der Waals surface area contributed by atoms with Crippen molar-refractivity contribution in [2.24, 2.45) is 5.92 Å². The van der Waals surface area contributed by atoms with E-state index in [-0.39, 0.29) is 18.1 Å². The number of amides is 1. The molecule has 1 aromatic carbocycles. The molecule has 7 nitrogen and oxygen atoms in total. The molecule has 2 unspecified atom stereocenters. The first kappa shape index (κ1) is 24.1. The second-order valence-corrected chi connectivity index (χ2v) is 10.4. The molecule has 3 heterocycles. The molecule has 1 amide bonds. The summed E-state index contributed by atoms with van der Waals surface area (Å²) in [5, 5.41) is 13.0. The Balaban J connectivity index is 1.32. The highest BCUT2D eigenvalue weighted by atomic mass is 32.2. The molecule has 2 aliphatic heterocycles. The van der Waals surface area contributed by atoms with E-state index in [1.807, 2.05) is 6.07 Å². The predicted octanol–water partition coefficient (Wildman–Crippen LogP) is 3.92. The first-order valence-corrected chi connectivity index (χ1v) is 13.3. The molecule has 8 heteroatoms. The molecular formula is C25H37N5O2S.